The Morgan fingerprint density at radius 2 is 2.04 bits per heavy atom. The van der Waals surface area contributed by atoms with Crippen molar-refractivity contribution in [3.05, 3.63) is 57.0 Å². The maximum Gasteiger partial charge on any atom is 0.252 e. The van der Waals surface area contributed by atoms with Crippen LogP contribution < -0.4 is 14.8 Å². The Bertz CT molecular complexity index is 794. The van der Waals surface area contributed by atoms with Gasteiger partial charge in [-0.05, 0) is 42.8 Å². The minimum atomic E-state index is -1.27. The maximum atomic E-state index is 12.3. The zero-order chi connectivity index (χ0) is 17.3. The van der Waals surface area contributed by atoms with Crippen molar-refractivity contribution in [3.8, 4) is 11.5 Å². The van der Waals surface area contributed by atoms with Crippen molar-refractivity contribution in [1.29, 1.82) is 0 Å². The highest BCUT2D eigenvalue weighted by Gasteiger charge is 2.27. The van der Waals surface area contributed by atoms with Gasteiger partial charge in [0.2, 0.25) is 6.79 Å². The molecule has 7 heteroatoms. The third kappa shape index (κ3) is 3.50. The molecule has 1 amide bonds. The molecule has 0 bridgehead atoms. The second kappa shape index (κ2) is 6.63. The normalized spacial score (nSPS) is 15.0. The number of hydrogen-bond donors (Lipinski definition) is 2. The van der Waals surface area contributed by atoms with Gasteiger partial charge in [0.1, 0.15) is 5.60 Å². The zero-order valence-electron chi connectivity index (χ0n) is 12.8. The summed E-state index contributed by atoms with van der Waals surface area (Å²) in [7, 11) is 0. The lowest BCUT2D eigenvalue weighted by molar-refractivity contribution is 0.0525. The summed E-state index contributed by atoms with van der Waals surface area (Å²) < 4.78 is 11.3. The summed E-state index contributed by atoms with van der Waals surface area (Å²) in [5.74, 6) is 0.857. The summed E-state index contributed by atoms with van der Waals surface area (Å²) in [5, 5.41) is 13.7. The number of hydrogen-bond acceptors (Lipinski definition) is 4. The number of benzene rings is 2. The van der Waals surface area contributed by atoms with E-state index in [1.807, 2.05) is 0 Å². The van der Waals surface area contributed by atoms with E-state index in [4.69, 9.17) is 21.1 Å². The SMILES string of the molecule is C[C@](O)(CNC(=O)c1cc(Br)ccc1Cl)c1ccc2c(c1)OCO2. The molecule has 24 heavy (non-hydrogen) atoms. The number of carbonyl (C=O) groups is 1. The fourth-order valence-corrected chi connectivity index (χ4v) is 2.92. The van der Waals surface area contributed by atoms with Crippen molar-refractivity contribution >= 4 is 33.4 Å². The first kappa shape index (κ1) is 17.1. The maximum absolute atomic E-state index is 12.3. The number of carbonyl (C=O) groups excluding carboxylic acids is 1. The number of ether oxygens (including phenoxy) is 2. The van der Waals surface area contributed by atoms with E-state index in [2.05, 4.69) is 21.2 Å². The molecule has 5 nitrogen and oxygen atoms in total. The van der Waals surface area contributed by atoms with Crippen LogP contribution >= 0.6 is 27.5 Å². The Hall–Kier alpha value is -1.76. The van der Waals surface area contributed by atoms with E-state index >= 15 is 0 Å². The van der Waals surface area contributed by atoms with Crippen LogP contribution in [-0.4, -0.2) is 24.4 Å². The molecule has 0 spiro atoms. The molecule has 1 heterocycles. The van der Waals surface area contributed by atoms with Crippen LogP contribution in [0.2, 0.25) is 5.02 Å². The molecular formula is C17H15BrClNO4. The Balaban J connectivity index is 1.73. The highest BCUT2D eigenvalue weighted by Crippen LogP contribution is 2.35. The molecule has 1 atom stereocenters. The molecule has 0 radical (unpaired) electrons. The Morgan fingerprint density at radius 3 is 2.83 bits per heavy atom. The van der Waals surface area contributed by atoms with E-state index in [9.17, 15) is 9.90 Å². The van der Waals surface area contributed by atoms with Crippen LogP contribution in [0.4, 0.5) is 0 Å². The van der Waals surface area contributed by atoms with Gasteiger partial charge in [0.25, 0.3) is 5.91 Å². The molecule has 3 rings (SSSR count). The van der Waals surface area contributed by atoms with Crippen LogP contribution in [0.15, 0.2) is 40.9 Å². The standard InChI is InChI=1S/C17H15BrClNO4/c1-17(22,10-2-5-14-15(6-10)24-9-23-14)8-20-16(21)12-7-11(18)3-4-13(12)19/h2-7,22H,8-9H2,1H3,(H,20,21)/t17-/m0/s1. The first-order chi connectivity index (χ1) is 11.4. The largest absolute Gasteiger partial charge is 0.454 e. The van der Waals surface area contributed by atoms with Gasteiger partial charge in [0.15, 0.2) is 11.5 Å². The topological polar surface area (TPSA) is 67.8 Å². The highest BCUT2D eigenvalue weighted by molar-refractivity contribution is 9.10. The van der Waals surface area contributed by atoms with Crippen LogP contribution in [0.25, 0.3) is 0 Å². The highest BCUT2D eigenvalue weighted by atomic mass is 79.9. The van der Waals surface area contributed by atoms with Crippen LogP contribution in [-0.2, 0) is 5.60 Å². The number of amides is 1. The number of fused-ring (bicyclic) bond motifs is 1. The molecule has 0 aliphatic carbocycles. The summed E-state index contributed by atoms with van der Waals surface area (Å²) in [4.78, 5) is 12.3. The first-order valence-electron chi connectivity index (χ1n) is 7.22. The summed E-state index contributed by atoms with van der Waals surface area (Å²) in [5.41, 5.74) is -0.310. The molecule has 2 aromatic rings. The fraction of sp³-hybridized carbons (Fsp3) is 0.235. The van der Waals surface area contributed by atoms with E-state index in [0.29, 0.717) is 27.6 Å². The van der Waals surface area contributed by atoms with Crippen molar-refractivity contribution in [1.82, 2.24) is 5.32 Å². The van der Waals surface area contributed by atoms with Gasteiger partial charge in [-0.1, -0.05) is 33.6 Å². The predicted octanol–water partition coefficient (Wildman–Crippen LogP) is 3.47. The van der Waals surface area contributed by atoms with E-state index in [1.54, 1.807) is 43.3 Å². The third-order valence-corrected chi connectivity index (χ3v) is 4.58. The molecule has 2 N–H and O–H groups in total. The van der Waals surface area contributed by atoms with Gasteiger partial charge in [-0.15, -0.1) is 0 Å². The second-order valence-electron chi connectivity index (χ2n) is 5.65. The van der Waals surface area contributed by atoms with E-state index in [1.165, 1.54) is 0 Å². The molecule has 1 aliphatic heterocycles. The molecule has 0 fully saturated rings. The lowest BCUT2D eigenvalue weighted by atomic mass is 9.95. The molecular weight excluding hydrogens is 398 g/mol. The van der Waals surface area contributed by atoms with Crippen LogP contribution in [0, 0.1) is 0 Å². The van der Waals surface area contributed by atoms with Crippen molar-refractivity contribution in [2.75, 3.05) is 13.3 Å². The lowest BCUT2D eigenvalue weighted by Gasteiger charge is -2.24. The average Bonchev–Trinajstić information content (AvgIpc) is 3.02. The summed E-state index contributed by atoms with van der Waals surface area (Å²) in [6.07, 6.45) is 0. The second-order valence-corrected chi connectivity index (χ2v) is 6.97. The number of nitrogens with one attached hydrogen (secondary N) is 1. The number of aliphatic hydroxyl groups is 1. The third-order valence-electron chi connectivity index (χ3n) is 3.76. The molecule has 2 aromatic carbocycles. The predicted molar refractivity (Wildman–Crippen MR) is 93.6 cm³/mol. The van der Waals surface area contributed by atoms with Crippen molar-refractivity contribution in [2.24, 2.45) is 0 Å². The summed E-state index contributed by atoms with van der Waals surface area (Å²) >= 11 is 9.35. The van der Waals surface area contributed by atoms with Gasteiger partial charge in [0, 0.05) is 4.47 Å². The molecule has 0 unspecified atom stereocenters. The Kier molecular flexibility index (Phi) is 4.71. The van der Waals surface area contributed by atoms with Crippen LogP contribution in [0.3, 0.4) is 0 Å². The minimum Gasteiger partial charge on any atom is -0.454 e. The minimum absolute atomic E-state index is 0.0221. The molecule has 0 aromatic heterocycles. The van der Waals surface area contributed by atoms with Crippen molar-refractivity contribution < 1.29 is 19.4 Å². The van der Waals surface area contributed by atoms with Gasteiger partial charge >= 0.3 is 0 Å². The van der Waals surface area contributed by atoms with Gasteiger partial charge in [-0.2, -0.15) is 0 Å². The monoisotopic (exact) mass is 411 g/mol. The molecule has 0 saturated carbocycles. The van der Waals surface area contributed by atoms with E-state index < -0.39 is 5.60 Å². The van der Waals surface area contributed by atoms with E-state index in [-0.39, 0.29) is 19.2 Å². The summed E-state index contributed by atoms with van der Waals surface area (Å²) in [6.45, 7) is 1.81. The zero-order valence-corrected chi connectivity index (χ0v) is 15.1. The van der Waals surface area contributed by atoms with Crippen LogP contribution in [0.1, 0.15) is 22.8 Å². The lowest BCUT2D eigenvalue weighted by Crippen LogP contribution is -2.38. The number of rotatable bonds is 4. The van der Waals surface area contributed by atoms with Crippen LogP contribution in [0.5, 0.6) is 11.5 Å². The summed E-state index contributed by atoms with van der Waals surface area (Å²) in [6, 6.07) is 10.2. The average molecular weight is 413 g/mol. The van der Waals surface area contributed by atoms with E-state index in [0.717, 1.165) is 4.47 Å². The first-order valence-corrected chi connectivity index (χ1v) is 8.40. The molecule has 1 aliphatic rings. The van der Waals surface area contributed by atoms with Crippen molar-refractivity contribution in [2.45, 2.75) is 12.5 Å². The van der Waals surface area contributed by atoms with Gasteiger partial charge < -0.3 is 19.9 Å². The quantitative estimate of drug-likeness (QED) is 0.807. The van der Waals surface area contributed by atoms with Gasteiger partial charge in [-0.3, -0.25) is 4.79 Å². The molecule has 126 valence electrons. The number of halogens is 2. The smallest absolute Gasteiger partial charge is 0.252 e. The van der Waals surface area contributed by atoms with Gasteiger partial charge in [0.05, 0.1) is 17.1 Å². The fourth-order valence-electron chi connectivity index (χ4n) is 2.35. The Labute approximate surface area is 152 Å². The van der Waals surface area contributed by atoms with Gasteiger partial charge in [-0.25, -0.2) is 0 Å². The van der Waals surface area contributed by atoms with Crippen molar-refractivity contribution in [3.63, 3.8) is 0 Å². The molecule has 0 saturated heterocycles. The Morgan fingerprint density at radius 1 is 1.29 bits per heavy atom.